The summed E-state index contributed by atoms with van der Waals surface area (Å²) in [4.78, 5) is 0. The highest BCUT2D eigenvalue weighted by Gasteiger charge is 2.17. The molecule has 0 bridgehead atoms. The zero-order chi connectivity index (χ0) is 13.7. The van der Waals surface area contributed by atoms with Gasteiger partial charge in [-0.2, -0.15) is 0 Å². The molecule has 0 aromatic heterocycles. The maximum Gasteiger partial charge on any atom is 0.129 e. The van der Waals surface area contributed by atoms with Gasteiger partial charge in [-0.25, -0.2) is 8.78 Å². The van der Waals surface area contributed by atoms with Crippen molar-refractivity contribution < 1.29 is 8.78 Å². The molecule has 19 heavy (non-hydrogen) atoms. The summed E-state index contributed by atoms with van der Waals surface area (Å²) in [5.74, 6) is -0.281. The standard InChI is InChI=1S/C15H22F2N2/c16-13-4-3-12(15(17)9-13)7-8-19-10-11-1-5-14(18)6-2-11/h3-4,9,11,14,19H,1-2,5-8,10,18H2. The molecule has 0 radical (unpaired) electrons. The summed E-state index contributed by atoms with van der Waals surface area (Å²) < 4.78 is 26.1. The van der Waals surface area contributed by atoms with Crippen LogP contribution in [0.15, 0.2) is 18.2 Å². The smallest absolute Gasteiger partial charge is 0.129 e. The second-order valence-electron chi connectivity index (χ2n) is 5.47. The minimum atomic E-state index is -0.521. The van der Waals surface area contributed by atoms with E-state index in [1.807, 2.05) is 0 Å². The van der Waals surface area contributed by atoms with Gasteiger partial charge in [-0.1, -0.05) is 6.07 Å². The van der Waals surface area contributed by atoms with E-state index in [-0.39, 0.29) is 0 Å². The fourth-order valence-electron chi connectivity index (χ4n) is 2.65. The third-order valence-corrected chi connectivity index (χ3v) is 3.91. The van der Waals surface area contributed by atoms with Crippen molar-refractivity contribution in [2.75, 3.05) is 13.1 Å². The van der Waals surface area contributed by atoms with Crippen molar-refractivity contribution in [3.05, 3.63) is 35.4 Å². The van der Waals surface area contributed by atoms with Gasteiger partial charge < -0.3 is 11.1 Å². The molecule has 1 saturated carbocycles. The Kier molecular flexibility index (Phi) is 5.28. The minimum absolute atomic E-state index is 0.379. The van der Waals surface area contributed by atoms with Crippen LogP contribution in [0.5, 0.6) is 0 Å². The molecule has 106 valence electrons. The number of nitrogens with one attached hydrogen (secondary N) is 1. The van der Waals surface area contributed by atoms with Crippen LogP contribution in [0, 0.1) is 17.6 Å². The third kappa shape index (κ3) is 4.55. The summed E-state index contributed by atoms with van der Waals surface area (Å²) >= 11 is 0. The second kappa shape index (κ2) is 6.96. The van der Waals surface area contributed by atoms with Gasteiger partial charge >= 0.3 is 0 Å². The van der Waals surface area contributed by atoms with Crippen LogP contribution in [0.1, 0.15) is 31.2 Å². The van der Waals surface area contributed by atoms with Gasteiger partial charge in [-0.15, -0.1) is 0 Å². The summed E-state index contributed by atoms with van der Waals surface area (Å²) in [5.41, 5.74) is 6.43. The van der Waals surface area contributed by atoms with E-state index in [4.69, 9.17) is 5.73 Å². The van der Waals surface area contributed by atoms with E-state index in [0.717, 1.165) is 32.0 Å². The van der Waals surface area contributed by atoms with E-state index < -0.39 is 11.6 Å². The van der Waals surface area contributed by atoms with Gasteiger partial charge in [0.15, 0.2) is 0 Å². The van der Waals surface area contributed by atoms with Gasteiger partial charge in [0.05, 0.1) is 0 Å². The van der Waals surface area contributed by atoms with Crippen molar-refractivity contribution in [2.24, 2.45) is 11.7 Å². The fourth-order valence-corrected chi connectivity index (χ4v) is 2.65. The molecular formula is C15H22F2N2. The summed E-state index contributed by atoms with van der Waals surface area (Å²) in [5, 5.41) is 3.36. The lowest BCUT2D eigenvalue weighted by molar-refractivity contribution is 0.315. The van der Waals surface area contributed by atoms with Crippen molar-refractivity contribution in [1.29, 1.82) is 0 Å². The molecule has 1 aliphatic carbocycles. The minimum Gasteiger partial charge on any atom is -0.328 e. The largest absolute Gasteiger partial charge is 0.328 e. The van der Waals surface area contributed by atoms with Crippen LogP contribution >= 0.6 is 0 Å². The van der Waals surface area contributed by atoms with Crippen LogP contribution in [-0.4, -0.2) is 19.1 Å². The van der Waals surface area contributed by atoms with Crippen molar-refractivity contribution >= 4 is 0 Å². The predicted octanol–water partition coefficient (Wildman–Crippen LogP) is 2.61. The maximum absolute atomic E-state index is 13.4. The molecule has 3 N–H and O–H groups in total. The van der Waals surface area contributed by atoms with Crippen LogP contribution in [0.2, 0.25) is 0 Å². The van der Waals surface area contributed by atoms with Gasteiger partial charge in [-0.05, 0) is 62.7 Å². The number of benzene rings is 1. The molecule has 2 nitrogen and oxygen atoms in total. The van der Waals surface area contributed by atoms with E-state index in [2.05, 4.69) is 5.32 Å². The Morgan fingerprint density at radius 2 is 1.89 bits per heavy atom. The lowest BCUT2D eigenvalue weighted by Crippen LogP contribution is -2.32. The molecule has 1 aliphatic rings. The molecule has 0 unspecified atom stereocenters. The summed E-state index contributed by atoms with van der Waals surface area (Å²) in [6, 6.07) is 4.15. The number of nitrogens with two attached hydrogens (primary N) is 1. The molecule has 4 heteroatoms. The molecule has 0 spiro atoms. The average molecular weight is 268 g/mol. The maximum atomic E-state index is 13.4. The molecule has 0 aliphatic heterocycles. The molecule has 0 atom stereocenters. The van der Waals surface area contributed by atoms with Gasteiger partial charge in [0, 0.05) is 12.1 Å². The van der Waals surface area contributed by atoms with Crippen LogP contribution in [-0.2, 0) is 6.42 Å². The van der Waals surface area contributed by atoms with Crippen molar-refractivity contribution in [2.45, 2.75) is 38.1 Å². The Bertz CT molecular complexity index is 401. The first kappa shape index (κ1) is 14.4. The SMILES string of the molecule is NC1CCC(CNCCc2ccc(F)cc2F)CC1. The Morgan fingerprint density at radius 1 is 1.16 bits per heavy atom. The Hall–Kier alpha value is -1.00. The Balaban J connectivity index is 1.66. The van der Waals surface area contributed by atoms with E-state index in [1.165, 1.54) is 25.0 Å². The molecule has 1 aromatic carbocycles. The zero-order valence-electron chi connectivity index (χ0n) is 11.2. The number of hydrogen-bond donors (Lipinski definition) is 2. The number of rotatable bonds is 5. The summed E-state index contributed by atoms with van der Waals surface area (Å²) in [6.45, 7) is 1.70. The molecule has 0 amide bonds. The zero-order valence-corrected chi connectivity index (χ0v) is 11.2. The van der Waals surface area contributed by atoms with E-state index in [0.29, 0.717) is 23.9 Å². The number of halogens is 2. The first-order valence-corrected chi connectivity index (χ1v) is 7.05. The van der Waals surface area contributed by atoms with Gasteiger partial charge in [0.2, 0.25) is 0 Å². The van der Waals surface area contributed by atoms with Gasteiger partial charge in [-0.3, -0.25) is 0 Å². The molecular weight excluding hydrogens is 246 g/mol. The topological polar surface area (TPSA) is 38.0 Å². The van der Waals surface area contributed by atoms with Crippen molar-refractivity contribution in [3.8, 4) is 0 Å². The van der Waals surface area contributed by atoms with Crippen LogP contribution < -0.4 is 11.1 Å². The predicted molar refractivity (Wildman–Crippen MR) is 72.9 cm³/mol. The lowest BCUT2D eigenvalue weighted by atomic mass is 9.86. The average Bonchev–Trinajstić information content (AvgIpc) is 2.39. The van der Waals surface area contributed by atoms with Crippen LogP contribution in [0.4, 0.5) is 8.78 Å². The van der Waals surface area contributed by atoms with Crippen molar-refractivity contribution in [1.82, 2.24) is 5.32 Å². The van der Waals surface area contributed by atoms with Gasteiger partial charge in [0.25, 0.3) is 0 Å². The summed E-state index contributed by atoms with van der Waals surface area (Å²) in [6.07, 6.45) is 5.17. The van der Waals surface area contributed by atoms with Crippen LogP contribution in [0.3, 0.4) is 0 Å². The quantitative estimate of drug-likeness (QED) is 0.806. The molecule has 0 heterocycles. The Labute approximate surface area is 113 Å². The highest BCUT2D eigenvalue weighted by atomic mass is 19.1. The monoisotopic (exact) mass is 268 g/mol. The second-order valence-corrected chi connectivity index (χ2v) is 5.47. The lowest BCUT2D eigenvalue weighted by Gasteiger charge is -2.26. The molecule has 1 fully saturated rings. The normalized spacial score (nSPS) is 23.5. The highest BCUT2D eigenvalue weighted by molar-refractivity contribution is 5.18. The summed E-state index contributed by atoms with van der Waals surface area (Å²) in [7, 11) is 0. The fraction of sp³-hybridized carbons (Fsp3) is 0.600. The Morgan fingerprint density at radius 3 is 2.58 bits per heavy atom. The first-order valence-electron chi connectivity index (χ1n) is 7.05. The molecule has 2 rings (SSSR count). The van der Waals surface area contributed by atoms with E-state index in [1.54, 1.807) is 0 Å². The van der Waals surface area contributed by atoms with E-state index in [9.17, 15) is 8.78 Å². The molecule has 0 saturated heterocycles. The van der Waals surface area contributed by atoms with Crippen LogP contribution in [0.25, 0.3) is 0 Å². The first-order chi connectivity index (χ1) is 9.15. The van der Waals surface area contributed by atoms with Crippen molar-refractivity contribution in [3.63, 3.8) is 0 Å². The molecule has 1 aromatic rings. The van der Waals surface area contributed by atoms with Gasteiger partial charge in [0.1, 0.15) is 11.6 Å². The van der Waals surface area contributed by atoms with E-state index >= 15 is 0 Å². The highest BCUT2D eigenvalue weighted by Crippen LogP contribution is 2.22. The third-order valence-electron chi connectivity index (χ3n) is 3.91. The number of hydrogen-bond acceptors (Lipinski definition) is 2.